The molecule has 3 nitrogen and oxygen atoms in total. The maximum atomic E-state index is 11.2. The summed E-state index contributed by atoms with van der Waals surface area (Å²) in [5, 5.41) is 10.5. The number of benzene rings is 1. The lowest BCUT2D eigenvalue weighted by molar-refractivity contribution is -0.142. The lowest BCUT2D eigenvalue weighted by Crippen LogP contribution is -2.32. The first-order chi connectivity index (χ1) is 9.06. The highest BCUT2D eigenvalue weighted by molar-refractivity contribution is 6.35. The van der Waals surface area contributed by atoms with E-state index in [-0.39, 0.29) is 12.0 Å². The van der Waals surface area contributed by atoms with E-state index in [1.807, 2.05) is 12.1 Å². The molecule has 2 fully saturated rings. The average molecular weight is 300 g/mol. The summed E-state index contributed by atoms with van der Waals surface area (Å²) in [6, 6.07) is 6.05. The number of carboxylic acid groups (broad SMARTS) is 1. The standard InChI is InChI=1S/C14H15Cl2NO2/c15-9-2-1-8(12(16)5-9)7-17-10-3-4-13(17)11(6-10)14(18)19/h1-2,5,10-11,13H,3-4,6-7H2,(H,18,19). The SMILES string of the molecule is O=C(O)C1CC2CCC1N2Cc1ccc(Cl)cc1Cl. The van der Waals surface area contributed by atoms with Crippen molar-refractivity contribution in [1.82, 2.24) is 4.90 Å². The normalized spacial score (nSPS) is 29.9. The molecule has 19 heavy (non-hydrogen) atoms. The van der Waals surface area contributed by atoms with Crippen molar-refractivity contribution in [3.05, 3.63) is 33.8 Å². The van der Waals surface area contributed by atoms with Crippen LogP contribution in [0.1, 0.15) is 24.8 Å². The van der Waals surface area contributed by atoms with Gasteiger partial charge in [-0.05, 0) is 37.0 Å². The Balaban J connectivity index is 1.79. The summed E-state index contributed by atoms with van der Waals surface area (Å²) in [5.74, 6) is -0.885. The molecule has 0 aromatic heterocycles. The number of carbonyl (C=O) groups is 1. The lowest BCUT2D eigenvalue weighted by Gasteiger charge is -2.23. The Bertz CT molecular complexity index is 520. The predicted molar refractivity (Wildman–Crippen MR) is 74.6 cm³/mol. The van der Waals surface area contributed by atoms with Crippen LogP contribution in [0.15, 0.2) is 18.2 Å². The van der Waals surface area contributed by atoms with E-state index in [9.17, 15) is 9.90 Å². The molecular weight excluding hydrogens is 285 g/mol. The Morgan fingerprint density at radius 2 is 2.16 bits per heavy atom. The van der Waals surface area contributed by atoms with Crippen molar-refractivity contribution < 1.29 is 9.90 Å². The van der Waals surface area contributed by atoms with Crippen LogP contribution in [0.3, 0.4) is 0 Å². The van der Waals surface area contributed by atoms with Gasteiger partial charge in [0, 0.05) is 28.7 Å². The van der Waals surface area contributed by atoms with E-state index in [1.165, 1.54) is 0 Å². The molecule has 2 aliphatic rings. The van der Waals surface area contributed by atoms with E-state index in [2.05, 4.69) is 4.90 Å². The van der Waals surface area contributed by atoms with E-state index >= 15 is 0 Å². The molecule has 0 aliphatic carbocycles. The molecule has 1 aromatic carbocycles. The molecule has 0 spiro atoms. The number of aliphatic carboxylic acids is 1. The number of hydrogen-bond donors (Lipinski definition) is 1. The van der Waals surface area contributed by atoms with Crippen molar-refractivity contribution in [3.8, 4) is 0 Å². The summed E-state index contributed by atoms with van der Waals surface area (Å²) in [4.78, 5) is 13.5. The first kappa shape index (κ1) is 13.2. The summed E-state index contributed by atoms with van der Waals surface area (Å²) in [6.45, 7) is 0.717. The van der Waals surface area contributed by atoms with Gasteiger partial charge < -0.3 is 5.11 Å². The van der Waals surface area contributed by atoms with Crippen LogP contribution in [0.2, 0.25) is 10.0 Å². The first-order valence-electron chi connectivity index (χ1n) is 6.48. The van der Waals surface area contributed by atoms with Gasteiger partial charge in [-0.2, -0.15) is 0 Å². The van der Waals surface area contributed by atoms with E-state index < -0.39 is 5.97 Å². The van der Waals surface area contributed by atoms with Gasteiger partial charge in [-0.3, -0.25) is 9.69 Å². The van der Waals surface area contributed by atoms with E-state index in [4.69, 9.17) is 23.2 Å². The number of halogens is 2. The number of rotatable bonds is 3. The summed E-state index contributed by atoms with van der Waals surface area (Å²) < 4.78 is 0. The van der Waals surface area contributed by atoms with Crippen LogP contribution in [0.25, 0.3) is 0 Å². The Hall–Kier alpha value is -0.770. The van der Waals surface area contributed by atoms with Gasteiger partial charge in [-0.1, -0.05) is 29.3 Å². The average Bonchev–Trinajstić information content (AvgIpc) is 2.90. The molecule has 3 unspecified atom stereocenters. The zero-order valence-corrected chi connectivity index (χ0v) is 11.9. The third kappa shape index (κ3) is 2.35. The molecule has 102 valence electrons. The van der Waals surface area contributed by atoms with Crippen LogP contribution in [0.5, 0.6) is 0 Å². The van der Waals surface area contributed by atoms with Gasteiger partial charge in [0.2, 0.25) is 0 Å². The van der Waals surface area contributed by atoms with Gasteiger partial charge in [0.05, 0.1) is 5.92 Å². The minimum Gasteiger partial charge on any atom is -0.481 e. The van der Waals surface area contributed by atoms with Crippen LogP contribution in [0.4, 0.5) is 0 Å². The van der Waals surface area contributed by atoms with Crippen LogP contribution >= 0.6 is 23.2 Å². The molecule has 0 saturated carbocycles. The van der Waals surface area contributed by atoms with Crippen LogP contribution in [0, 0.1) is 5.92 Å². The van der Waals surface area contributed by atoms with E-state index in [1.54, 1.807) is 6.07 Å². The van der Waals surface area contributed by atoms with Crippen molar-refractivity contribution in [2.45, 2.75) is 37.9 Å². The summed E-state index contributed by atoms with van der Waals surface area (Å²) in [5.41, 5.74) is 1.02. The van der Waals surface area contributed by atoms with Crippen molar-refractivity contribution in [1.29, 1.82) is 0 Å². The fraction of sp³-hybridized carbons (Fsp3) is 0.500. The fourth-order valence-electron chi connectivity index (χ4n) is 3.46. The quantitative estimate of drug-likeness (QED) is 0.929. The maximum Gasteiger partial charge on any atom is 0.308 e. The topological polar surface area (TPSA) is 40.5 Å². The molecule has 1 aromatic rings. The largest absolute Gasteiger partial charge is 0.481 e. The first-order valence-corrected chi connectivity index (χ1v) is 7.24. The Kier molecular flexibility index (Phi) is 3.46. The molecule has 5 heteroatoms. The second-order valence-corrected chi connectivity index (χ2v) is 6.23. The number of fused-ring (bicyclic) bond motifs is 2. The molecule has 1 N–H and O–H groups in total. The molecule has 2 saturated heterocycles. The number of carboxylic acids is 1. The van der Waals surface area contributed by atoms with Crippen LogP contribution in [-0.2, 0) is 11.3 Å². The highest BCUT2D eigenvalue weighted by Crippen LogP contribution is 2.43. The maximum absolute atomic E-state index is 11.2. The monoisotopic (exact) mass is 299 g/mol. The third-order valence-electron chi connectivity index (χ3n) is 4.37. The molecule has 3 atom stereocenters. The van der Waals surface area contributed by atoms with Gasteiger partial charge in [-0.15, -0.1) is 0 Å². The van der Waals surface area contributed by atoms with Gasteiger partial charge >= 0.3 is 5.97 Å². The predicted octanol–water partition coefficient (Wildman–Crippen LogP) is 3.43. The molecule has 3 rings (SSSR count). The van der Waals surface area contributed by atoms with Gasteiger partial charge in [0.1, 0.15) is 0 Å². The van der Waals surface area contributed by atoms with Crippen LogP contribution in [-0.4, -0.2) is 28.1 Å². The summed E-state index contributed by atoms with van der Waals surface area (Å²) >= 11 is 12.1. The van der Waals surface area contributed by atoms with E-state index in [0.29, 0.717) is 16.1 Å². The van der Waals surface area contributed by atoms with Gasteiger partial charge in [0.25, 0.3) is 0 Å². The molecule has 2 aliphatic heterocycles. The van der Waals surface area contributed by atoms with Crippen molar-refractivity contribution in [2.24, 2.45) is 5.92 Å². The summed E-state index contributed by atoms with van der Waals surface area (Å²) in [6.07, 6.45) is 2.84. The van der Waals surface area contributed by atoms with E-state index in [0.717, 1.165) is 31.4 Å². The Labute approximate surface area is 122 Å². The minimum absolute atomic E-state index is 0.161. The lowest BCUT2D eigenvalue weighted by atomic mass is 9.89. The number of hydrogen-bond acceptors (Lipinski definition) is 2. The molecule has 2 bridgehead atoms. The molecule has 2 heterocycles. The highest BCUT2D eigenvalue weighted by Gasteiger charge is 2.49. The van der Waals surface area contributed by atoms with Gasteiger partial charge in [-0.25, -0.2) is 0 Å². The van der Waals surface area contributed by atoms with Crippen LogP contribution < -0.4 is 0 Å². The van der Waals surface area contributed by atoms with Crippen molar-refractivity contribution in [3.63, 3.8) is 0 Å². The molecular formula is C14H15Cl2NO2. The zero-order chi connectivity index (χ0) is 13.6. The smallest absolute Gasteiger partial charge is 0.308 e. The minimum atomic E-state index is -0.667. The molecule has 0 amide bonds. The second kappa shape index (κ2) is 4.97. The summed E-state index contributed by atoms with van der Waals surface area (Å²) in [7, 11) is 0. The number of nitrogens with zero attached hydrogens (tertiary/aromatic N) is 1. The van der Waals surface area contributed by atoms with Crippen molar-refractivity contribution >= 4 is 29.2 Å². The fourth-order valence-corrected chi connectivity index (χ4v) is 3.93. The highest BCUT2D eigenvalue weighted by atomic mass is 35.5. The third-order valence-corrected chi connectivity index (χ3v) is 4.95. The zero-order valence-electron chi connectivity index (χ0n) is 10.4. The van der Waals surface area contributed by atoms with Crippen molar-refractivity contribution in [2.75, 3.05) is 0 Å². The van der Waals surface area contributed by atoms with Gasteiger partial charge in [0.15, 0.2) is 0 Å². The second-order valence-electron chi connectivity index (χ2n) is 5.39. The molecule has 0 radical (unpaired) electrons. The Morgan fingerprint density at radius 1 is 1.37 bits per heavy atom. The Morgan fingerprint density at radius 3 is 2.79 bits per heavy atom.